The Morgan fingerprint density at radius 3 is 2.38 bits per heavy atom. The molecule has 0 spiro atoms. The van der Waals surface area contributed by atoms with E-state index < -0.39 is 35.6 Å². The molecular formula is C36H49N5O7. The summed E-state index contributed by atoms with van der Waals surface area (Å²) < 4.78 is 14.6. The number of fused-ring (bicyclic) bond motifs is 1. The first-order valence-electron chi connectivity index (χ1n) is 16.7. The highest BCUT2D eigenvalue weighted by molar-refractivity contribution is 6.00. The van der Waals surface area contributed by atoms with Gasteiger partial charge in [-0.05, 0) is 89.0 Å². The number of para-hydroxylation sites is 1. The predicted molar refractivity (Wildman–Crippen MR) is 182 cm³/mol. The molecule has 0 bridgehead atoms. The lowest BCUT2D eigenvalue weighted by atomic mass is 10.0. The Kier molecular flexibility index (Phi) is 12.2. The molecule has 2 aromatic carbocycles. The molecule has 4 amide bonds. The number of unbranched alkanes of at least 4 members (excludes halogenated alkanes) is 2. The minimum Gasteiger partial charge on any atom is -0.444 e. The lowest BCUT2D eigenvalue weighted by Crippen LogP contribution is -2.45. The van der Waals surface area contributed by atoms with Gasteiger partial charge in [0.25, 0.3) is 0 Å². The van der Waals surface area contributed by atoms with E-state index in [1.165, 1.54) is 10.1 Å². The highest BCUT2D eigenvalue weighted by atomic mass is 16.6. The molecule has 3 aromatic rings. The fraction of sp³-hybridized carbons (Fsp3) is 0.528. The Labute approximate surface area is 281 Å². The second-order valence-corrected chi connectivity index (χ2v) is 13.6. The quantitative estimate of drug-likeness (QED) is 0.161. The zero-order valence-corrected chi connectivity index (χ0v) is 28.7. The molecule has 0 saturated carbocycles. The summed E-state index contributed by atoms with van der Waals surface area (Å²) in [7, 11) is 1.73. The number of ether oxygens (including phenoxy) is 2. The summed E-state index contributed by atoms with van der Waals surface area (Å²) in [6.45, 7) is 7.56. The maximum Gasteiger partial charge on any atom is 0.407 e. The predicted octanol–water partition coefficient (Wildman–Crippen LogP) is 4.34. The molecule has 1 aliphatic heterocycles. The number of carbonyl (C=O) groups excluding carboxylic acids is 4. The van der Waals surface area contributed by atoms with E-state index in [-0.39, 0.29) is 30.5 Å². The number of carbonyl (C=O) groups is 4. The normalized spacial score (nSPS) is 16.4. The SMILES string of the molecule is C[C@@H](OCc1ccc(CCCCCc2cccc3c2n(C)c(=O)n3C2CCC(=O)NC2=O)cc1)[C@H](CCC(N)=O)NC(=O)OC(C)(C)C. The zero-order valence-electron chi connectivity index (χ0n) is 28.7. The van der Waals surface area contributed by atoms with Gasteiger partial charge in [-0.1, -0.05) is 42.8 Å². The average Bonchev–Trinajstić information content (AvgIpc) is 3.27. The van der Waals surface area contributed by atoms with Gasteiger partial charge in [-0.2, -0.15) is 0 Å². The highest BCUT2D eigenvalue weighted by Gasteiger charge is 2.31. The van der Waals surface area contributed by atoms with Crippen LogP contribution in [0.15, 0.2) is 47.3 Å². The number of aromatic nitrogens is 2. The maximum atomic E-state index is 13.2. The Morgan fingerprint density at radius 1 is 1.02 bits per heavy atom. The average molecular weight is 664 g/mol. The van der Waals surface area contributed by atoms with Crippen LogP contribution in [-0.2, 0) is 50.4 Å². The van der Waals surface area contributed by atoms with Gasteiger partial charge in [0.1, 0.15) is 11.6 Å². The van der Waals surface area contributed by atoms with Crippen molar-refractivity contribution in [2.24, 2.45) is 12.8 Å². The van der Waals surface area contributed by atoms with Gasteiger partial charge in [0.15, 0.2) is 0 Å². The van der Waals surface area contributed by atoms with Gasteiger partial charge >= 0.3 is 11.8 Å². The number of piperidine rings is 1. The van der Waals surface area contributed by atoms with Crippen LogP contribution in [0.1, 0.15) is 95.4 Å². The monoisotopic (exact) mass is 663 g/mol. The molecular weight excluding hydrogens is 614 g/mol. The van der Waals surface area contributed by atoms with Crippen molar-refractivity contribution in [2.75, 3.05) is 0 Å². The molecule has 1 fully saturated rings. The molecule has 0 aliphatic carbocycles. The van der Waals surface area contributed by atoms with Gasteiger partial charge in [-0.15, -0.1) is 0 Å². The molecule has 1 aromatic heterocycles. The van der Waals surface area contributed by atoms with E-state index in [4.69, 9.17) is 15.2 Å². The number of imide groups is 1. The Balaban J connectivity index is 1.26. The number of benzene rings is 2. The van der Waals surface area contributed by atoms with E-state index in [0.29, 0.717) is 25.0 Å². The number of hydrogen-bond donors (Lipinski definition) is 3. The third-order valence-corrected chi connectivity index (χ3v) is 8.63. The minimum atomic E-state index is -0.693. The second kappa shape index (κ2) is 16.1. The van der Waals surface area contributed by atoms with Gasteiger partial charge < -0.3 is 20.5 Å². The van der Waals surface area contributed by atoms with E-state index in [1.807, 2.05) is 37.3 Å². The van der Waals surface area contributed by atoms with E-state index >= 15 is 0 Å². The molecule has 0 radical (unpaired) electrons. The van der Waals surface area contributed by atoms with Gasteiger partial charge in [-0.3, -0.25) is 28.8 Å². The van der Waals surface area contributed by atoms with Gasteiger partial charge in [0, 0.05) is 19.9 Å². The third-order valence-electron chi connectivity index (χ3n) is 8.63. The summed E-state index contributed by atoms with van der Waals surface area (Å²) >= 11 is 0. The molecule has 3 atom stereocenters. The molecule has 12 heteroatoms. The van der Waals surface area contributed by atoms with E-state index in [9.17, 15) is 24.0 Å². The van der Waals surface area contributed by atoms with Crippen LogP contribution in [0.5, 0.6) is 0 Å². The van der Waals surface area contributed by atoms with Crippen LogP contribution < -0.4 is 22.1 Å². The number of primary amides is 1. The number of nitrogens with one attached hydrogen (secondary N) is 2. The minimum absolute atomic E-state index is 0.121. The Morgan fingerprint density at radius 2 is 1.71 bits per heavy atom. The van der Waals surface area contributed by atoms with Crippen LogP contribution in [0.4, 0.5) is 4.79 Å². The largest absolute Gasteiger partial charge is 0.444 e. The molecule has 12 nitrogen and oxygen atoms in total. The topological polar surface area (TPSA) is 164 Å². The first kappa shape index (κ1) is 36.4. The van der Waals surface area contributed by atoms with Crippen molar-refractivity contribution < 1.29 is 28.7 Å². The van der Waals surface area contributed by atoms with Crippen molar-refractivity contribution in [3.8, 4) is 0 Å². The smallest absolute Gasteiger partial charge is 0.407 e. The molecule has 1 unspecified atom stereocenters. The molecule has 4 rings (SSSR count). The molecule has 48 heavy (non-hydrogen) atoms. The molecule has 2 heterocycles. The van der Waals surface area contributed by atoms with Gasteiger partial charge in [0.2, 0.25) is 17.7 Å². The first-order valence-corrected chi connectivity index (χ1v) is 16.7. The van der Waals surface area contributed by atoms with Gasteiger partial charge in [-0.25, -0.2) is 9.59 Å². The maximum absolute atomic E-state index is 13.2. The lowest BCUT2D eigenvalue weighted by molar-refractivity contribution is -0.135. The van der Waals surface area contributed by atoms with Crippen molar-refractivity contribution in [3.05, 3.63) is 69.6 Å². The van der Waals surface area contributed by atoms with Crippen LogP contribution in [0, 0.1) is 0 Å². The second-order valence-electron chi connectivity index (χ2n) is 13.6. The fourth-order valence-electron chi connectivity index (χ4n) is 6.10. The van der Waals surface area contributed by atoms with Crippen molar-refractivity contribution in [2.45, 2.75) is 116 Å². The number of alkyl carbamates (subject to hydrolysis) is 1. The van der Waals surface area contributed by atoms with Crippen molar-refractivity contribution in [3.63, 3.8) is 0 Å². The number of aryl methyl sites for hydroxylation is 3. The molecule has 260 valence electrons. The van der Waals surface area contributed by atoms with E-state index in [0.717, 1.165) is 48.7 Å². The summed E-state index contributed by atoms with van der Waals surface area (Å²) in [4.78, 5) is 61.1. The van der Waals surface area contributed by atoms with Crippen LogP contribution in [0.25, 0.3) is 11.0 Å². The molecule has 1 aliphatic rings. The van der Waals surface area contributed by atoms with Gasteiger partial charge in [0.05, 0.1) is 29.8 Å². The van der Waals surface area contributed by atoms with Crippen LogP contribution in [-0.4, -0.2) is 50.7 Å². The van der Waals surface area contributed by atoms with Crippen molar-refractivity contribution in [1.29, 1.82) is 0 Å². The third kappa shape index (κ3) is 9.79. The number of imidazole rings is 1. The van der Waals surface area contributed by atoms with Crippen molar-refractivity contribution >= 4 is 34.8 Å². The summed E-state index contributed by atoms with van der Waals surface area (Å²) in [6.07, 6.45) is 4.76. The summed E-state index contributed by atoms with van der Waals surface area (Å²) in [5.41, 5.74) is 9.28. The van der Waals surface area contributed by atoms with Crippen LogP contribution in [0.3, 0.4) is 0 Å². The Bertz CT molecular complexity index is 1670. The number of amides is 4. The lowest BCUT2D eigenvalue weighted by Gasteiger charge is -2.27. The Hall–Kier alpha value is -4.45. The molecule has 4 N–H and O–H groups in total. The zero-order chi connectivity index (χ0) is 35.0. The van der Waals surface area contributed by atoms with Crippen molar-refractivity contribution in [1.82, 2.24) is 19.8 Å². The van der Waals surface area contributed by atoms with Crippen LogP contribution in [0.2, 0.25) is 0 Å². The summed E-state index contributed by atoms with van der Waals surface area (Å²) in [6, 6.07) is 13.0. The fourth-order valence-corrected chi connectivity index (χ4v) is 6.10. The number of hydrogen-bond acceptors (Lipinski definition) is 7. The summed E-state index contributed by atoms with van der Waals surface area (Å²) in [5, 5.41) is 5.17. The first-order chi connectivity index (χ1) is 22.7. The van der Waals surface area contributed by atoms with Crippen LogP contribution >= 0.6 is 0 Å². The number of nitrogens with zero attached hydrogens (tertiary/aromatic N) is 2. The number of nitrogens with two attached hydrogens (primary N) is 1. The van der Waals surface area contributed by atoms with E-state index in [1.54, 1.807) is 32.4 Å². The number of rotatable bonds is 15. The highest BCUT2D eigenvalue weighted by Crippen LogP contribution is 2.26. The summed E-state index contributed by atoms with van der Waals surface area (Å²) in [5.74, 6) is -1.18. The molecule has 1 saturated heterocycles. The van der Waals surface area contributed by atoms with E-state index in [2.05, 4.69) is 22.8 Å². The standard InChI is InChI=1S/C36H49N5O7/c1-23(27(18-20-30(37)42)38-34(45)48-36(2,3)4)47-22-25-16-14-24(15-17-25)10-7-6-8-11-26-12-9-13-28-32(26)40(5)35(46)41(28)29-19-21-31(43)39-33(29)44/h9,12-17,23,27,29H,6-8,10-11,18-22H2,1-5H3,(H2,37,42)(H,38,45)(H,39,43,44)/t23-,27+,29?/m1/s1.